The molecule has 0 saturated heterocycles. The van der Waals surface area contributed by atoms with Gasteiger partial charge in [-0.2, -0.15) is 0 Å². The lowest BCUT2D eigenvalue weighted by Crippen LogP contribution is -2.57. The van der Waals surface area contributed by atoms with E-state index in [9.17, 15) is 0 Å². The van der Waals surface area contributed by atoms with Gasteiger partial charge in [-0.1, -0.05) is 220 Å². The highest BCUT2D eigenvalue weighted by atomic mass is 127. The van der Waals surface area contributed by atoms with E-state index in [1.165, 1.54) is 78.7 Å². The van der Waals surface area contributed by atoms with E-state index in [1.807, 2.05) is 36.4 Å². The Bertz CT molecular complexity index is 2390. The van der Waals surface area contributed by atoms with Gasteiger partial charge in [-0.3, -0.25) is 0 Å². The molecule has 0 amide bonds. The molecule has 12 heteroatoms. The minimum absolute atomic E-state index is 0.455. The van der Waals surface area contributed by atoms with Crippen molar-refractivity contribution in [3.63, 3.8) is 0 Å². The Morgan fingerprint density at radius 2 is 0.500 bits per heavy atom. The van der Waals surface area contributed by atoms with Crippen molar-refractivity contribution in [1.82, 2.24) is 9.13 Å². The van der Waals surface area contributed by atoms with Gasteiger partial charge in [0.05, 0.1) is 0 Å². The van der Waals surface area contributed by atoms with Crippen molar-refractivity contribution >= 4 is 145 Å². The normalized spacial score (nSPS) is 12.2. The van der Waals surface area contributed by atoms with Gasteiger partial charge in [-0.15, -0.1) is 0 Å². The van der Waals surface area contributed by atoms with Crippen LogP contribution in [0.15, 0.2) is 134 Å². The molecule has 0 atom stereocenters. The molecule has 7 aromatic rings. The molecule has 5 aromatic carbocycles. The van der Waals surface area contributed by atoms with E-state index in [2.05, 4.69) is 361 Å². The highest BCUT2D eigenvalue weighted by molar-refractivity contribution is 14.4. The number of benzene rings is 5. The Hall–Kier alpha value is -0.970. The van der Waals surface area contributed by atoms with Crippen LogP contribution < -0.4 is 20.6 Å². The van der Waals surface area contributed by atoms with Gasteiger partial charge >= 0.3 is 0 Å². The number of hydrogen-bond donors (Lipinski definition) is 0. The minimum atomic E-state index is -0.896. The molecular formula is C60H78B2I6N4. The number of imidazole rings is 2. The Morgan fingerprint density at radius 1 is 0.306 bits per heavy atom. The number of rotatable bonds is 14. The molecule has 0 aliphatic heterocycles. The van der Waals surface area contributed by atoms with Crippen LogP contribution in [0, 0.1) is 0 Å². The van der Waals surface area contributed by atoms with Crippen LogP contribution in [0.2, 0.25) is 0 Å². The summed E-state index contributed by atoms with van der Waals surface area (Å²) in [6.07, 6.45) is 9.21. The van der Waals surface area contributed by atoms with Crippen LogP contribution in [-0.2, 0) is 0 Å². The third kappa shape index (κ3) is 14.8. The standard InChI is InChI=1S/2C27H36BI3N2.C6H6/c2*1-17(2)21-11-9-12-22(18(3)4)25(21)32-15-16-33(27(32)28(29,30)31)26-23(19(5)6)13-10-14-24(26)20(7)8;1-2-4-6-5-3-1/h2*9-20H,1-8H3;1-6H. The molecule has 0 N–H and O–H groups in total. The van der Waals surface area contributed by atoms with E-state index < -0.39 is -0.569 Å². The first-order chi connectivity index (χ1) is 33.7. The van der Waals surface area contributed by atoms with Crippen LogP contribution in [-0.4, -0.2) is 8.56 Å². The highest BCUT2D eigenvalue weighted by Crippen LogP contribution is 2.38. The number of halogens is 6. The van der Waals surface area contributed by atoms with E-state index in [-0.39, 0.29) is 0 Å². The fraction of sp³-hybridized carbons (Fsp3) is 0.400. The summed E-state index contributed by atoms with van der Waals surface area (Å²) in [6.45, 7) is 36.9. The maximum absolute atomic E-state index is 2.65. The van der Waals surface area contributed by atoms with Crippen LogP contribution in [0.3, 0.4) is 0 Å². The number of nitrogens with zero attached hydrogens (tertiary/aromatic N) is 4. The summed E-state index contributed by atoms with van der Waals surface area (Å²) in [5.41, 5.74) is 19.4. The lowest BCUT2D eigenvalue weighted by molar-refractivity contribution is -0.577. The van der Waals surface area contributed by atoms with Gasteiger partial charge in [-0.25, -0.2) is 18.3 Å². The van der Waals surface area contributed by atoms with E-state index in [4.69, 9.17) is 0 Å². The van der Waals surface area contributed by atoms with Crippen molar-refractivity contribution < 1.29 is 9.13 Å². The van der Waals surface area contributed by atoms with Crippen LogP contribution in [0.4, 0.5) is 0 Å². The summed E-state index contributed by atoms with van der Waals surface area (Å²) in [7, 11) is 0. The second-order valence-electron chi connectivity index (χ2n) is 21.5. The summed E-state index contributed by atoms with van der Waals surface area (Å²) < 4.78 is 8.20. The second kappa shape index (κ2) is 27.1. The molecule has 0 aliphatic rings. The molecule has 0 fully saturated rings. The summed E-state index contributed by atoms with van der Waals surface area (Å²) in [5, 5.41) is 0. The zero-order valence-corrected chi connectivity index (χ0v) is 58.5. The molecule has 2 heterocycles. The van der Waals surface area contributed by atoms with Crippen molar-refractivity contribution in [1.29, 1.82) is 0 Å². The van der Waals surface area contributed by atoms with Gasteiger partial charge in [0.1, 0.15) is 59.0 Å². The fourth-order valence-corrected chi connectivity index (χ4v) is 13.3. The zero-order chi connectivity index (χ0) is 53.6. The Labute approximate surface area is 516 Å². The topological polar surface area (TPSA) is 17.6 Å². The van der Waals surface area contributed by atoms with Crippen molar-refractivity contribution in [3.8, 4) is 22.7 Å². The maximum Gasteiger partial charge on any atom is 0.294 e. The average Bonchev–Trinajstić information content (AvgIpc) is 3.98. The molecule has 386 valence electrons. The first kappa shape index (κ1) is 61.9. The SMILES string of the molecule is CC(C)c1cccc(C(C)C)c1-n1cc[n+](-c2c(C(C)C)cccc2C(C)C)c1[B-](I)(I)I.CC(C)c1cccc(C(C)C)c1-n1cc[n+](-c2c(C(C)C)cccc2C(C)C)c1[B-](I)(I)I.c1ccccc1. The van der Waals surface area contributed by atoms with Crippen molar-refractivity contribution in [2.45, 2.75) is 158 Å². The smallest absolute Gasteiger partial charge is 0.294 e. The van der Waals surface area contributed by atoms with Crippen LogP contribution in [0.1, 0.15) is 203 Å². The molecule has 0 radical (unpaired) electrons. The van der Waals surface area contributed by atoms with Crippen LogP contribution in [0.5, 0.6) is 0 Å². The van der Waals surface area contributed by atoms with Gasteiger partial charge in [0.15, 0.2) is 0 Å². The molecule has 0 unspecified atom stereocenters. The molecule has 0 spiro atoms. The van der Waals surface area contributed by atoms with Gasteiger partial charge in [-0.05, 0) is 47.3 Å². The maximum atomic E-state index is 2.65. The van der Waals surface area contributed by atoms with Gasteiger partial charge in [0.25, 0.3) is -0.569 Å². The number of hydrogen-bond acceptors (Lipinski definition) is 0. The first-order valence-corrected chi connectivity index (χ1v) is 33.4. The molecule has 4 nitrogen and oxygen atoms in total. The lowest BCUT2D eigenvalue weighted by atomic mass is 9.91. The molecule has 0 aliphatic carbocycles. The molecule has 72 heavy (non-hydrogen) atoms. The third-order valence-electron chi connectivity index (χ3n) is 13.3. The summed E-state index contributed by atoms with van der Waals surface area (Å²) >= 11 is 15.9. The second-order valence-corrected chi connectivity index (χ2v) is 47.0. The summed E-state index contributed by atoms with van der Waals surface area (Å²) in [5.74, 6) is 3.64. The number of aromatic nitrogens is 4. The monoisotopic (exact) mass is 1640 g/mol. The Kier molecular flexibility index (Phi) is 23.3. The largest absolute Gasteiger partial charge is 0.308 e. The molecule has 0 bridgehead atoms. The van der Waals surface area contributed by atoms with E-state index in [1.54, 1.807) is 0 Å². The third-order valence-corrected chi connectivity index (χ3v) is 16.6. The molecule has 0 saturated carbocycles. The van der Waals surface area contributed by atoms with Gasteiger partial charge in [0, 0.05) is 44.5 Å². The predicted molar refractivity (Wildman–Crippen MR) is 369 cm³/mol. The molecular weight excluding hydrogens is 1560 g/mol. The first-order valence-electron chi connectivity index (χ1n) is 25.9. The minimum Gasteiger partial charge on any atom is -0.308 e. The molecule has 2 aromatic heterocycles. The number of para-hydroxylation sites is 4. The van der Waals surface area contributed by atoms with E-state index >= 15 is 0 Å². The zero-order valence-electron chi connectivity index (χ0n) is 45.5. The average molecular weight is 1640 g/mol. The Morgan fingerprint density at radius 3 is 0.681 bits per heavy atom. The fourth-order valence-electron chi connectivity index (χ4n) is 9.74. The van der Waals surface area contributed by atoms with Crippen LogP contribution >= 0.6 is 134 Å². The van der Waals surface area contributed by atoms with Gasteiger partial charge < -0.3 is 134 Å². The quantitative estimate of drug-likeness (QED) is 0.0587. The van der Waals surface area contributed by atoms with Gasteiger partial charge in [0.2, 0.25) is 0 Å². The van der Waals surface area contributed by atoms with Crippen molar-refractivity contribution in [3.05, 3.63) is 178 Å². The predicted octanol–water partition coefficient (Wildman–Crippen LogP) is 19.1. The van der Waals surface area contributed by atoms with Crippen LogP contribution in [0.25, 0.3) is 22.7 Å². The van der Waals surface area contributed by atoms with E-state index in [0.717, 1.165) is 0 Å². The molecule has 7 rings (SSSR count). The summed E-state index contributed by atoms with van der Waals surface area (Å²) in [6, 6.07) is 39.4. The Balaban J connectivity index is 0.000000239. The van der Waals surface area contributed by atoms with Crippen molar-refractivity contribution in [2.75, 3.05) is 0 Å². The van der Waals surface area contributed by atoms with Crippen molar-refractivity contribution in [2.24, 2.45) is 0 Å². The van der Waals surface area contributed by atoms with E-state index in [0.29, 0.717) is 47.3 Å². The lowest BCUT2D eigenvalue weighted by Gasteiger charge is -2.26. The summed E-state index contributed by atoms with van der Waals surface area (Å²) in [4.78, 5) is 0. The highest BCUT2D eigenvalue weighted by Gasteiger charge is 2.37.